The molecule has 0 spiro atoms. The maximum absolute atomic E-state index is 12.5. The fourth-order valence-corrected chi connectivity index (χ4v) is 2.26. The molecule has 0 unspecified atom stereocenters. The van der Waals surface area contributed by atoms with E-state index in [2.05, 4.69) is 5.32 Å². The first-order valence-electron chi connectivity index (χ1n) is 7.20. The lowest BCUT2D eigenvalue weighted by Gasteiger charge is -2.15. The number of hydrogen-bond donors (Lipinski definition) is 2. The van der Waals surface area contributed by atoms with Crippen molar-refractivity contribution in [2.45, 2.75) is 26.3 Å². The highest BCUT2D eigenvalue weighted by molar-refractivity contribution is 6.08. The highest BCUT2D eigenvalue weighted by atomic mass is 16.2. The first-order valence-corrected chi connectivity index (χ1v) is 7.20. The minimum atomic E-state index is -0.707. The number of nitrogens with one attached hydrogen (secondary N) is 1. The maximum atomic E-state index is 12.5. The second-order valence-corrected chi connectivity index (χ2v) is 5.47. The largest absolute Gasteiger partial charge is 0.368 e. The van der Waals surface area contributed by atoms with Crippen LogP contribution in [0.3, 0.4) is 0 Å². The molecule has 0 aliphatic carbocycles. The van der Waals surface area contributed by atoms with Crippen molar-refractivity contribution in [3.8, 4) is 0 Å². The van der Waals surface area contributed by atoms with Crippen LogP contribution >= 0.6 is 0 Å². The van der Waals surface area contributed by atoms with Gasteiger partial charge in [-0.15, -0.1) is 0 Å². The molecule has 0 saturated carbocycles. The minimum absolute atomic E-state index is 0.289. The monoisotopic (exact) mass is 296 g/mol. The van der Waals surface area contributed by atoms with Crippen molar-refractivity contribution in [3.05, 3.63) is 59.7 Å². The van der Waals surface area contributed by atoms with E-state index in [1.165, 1.54) is 0 Å². The Hall–Kier alpha value is -2.62. The van der Waals surface area contributed by atoms with Crippen molar-refractivity contribution in [2.75, 3.05) is 0 Å². The Morgan fingerprint density at radius 1 is 1.14 bits per heavy atom. The lowest BCUT2D eigenvalue weighted by molar-refractivity contribution is -0.119. The minimum Gasteiger partial charge on any atom is -0.368 e. The summed E-state index contributed by atoms with van der Waals surface area (Å²) in [5.74, 6) is -0.825. The molecular weight excluding hydrogens is 276 g/mol. The molecule has 0 aliphatic heterocycles. The lowest BCUT2D eigenvalue weighted by Crippen LogP contribution is -2.44. The van der Waals surface area contributed by atoms with Crippen molar-refractivity contribution in [1.82, 2.24) is 5.32 Å². The molecule has 0 saturated heterocycles. The molecule has 2 rings (SSSR count). The van der Waals surface area contributed by atoms with Crippen LogP contribution in [0.5, 0.6) is 0 Å². The van der Waals surface area contributed by atoms with Gasteiger partial charge in [0.25, 0.3) is 5.91 Å². The normalized spacial score (nSPS) is 11.7. The summed E-state index contributed by atoms with van der Waals surface area (Å²) in [6, 6.07) is 12.4. The zero-order chi connectivity index (χ0) is 16.1. The highest BCUT2D eigenvalue weighted by Crippen LogP contribution is 2.18. The van der Waals surface area contributed by atoms with Crippen molar-refractivity contribution in [1.29, 1.82) is 0 Å². The second kappa shape index (κ2) is 6.89. The van der Waals surface area contributed by atoms with Crippen LogP contribution in [0, 0.1) is 0 Å². The van der Waals surface area contributed by atoms with Crippen LogP contribution in [-0.4, -0.2) is 17.9 Å². The molecule has 2 amide bonds. The fourth-order valence-electron chi connectivity index (χ4n) is 2.26. The molecule has 1 atom stereocenters. The van der Waals surface area contributed by atoms with Gasteiger partial charge in [-0.2, -0.15) is 0 Å². The Labute approximate surface area is 130 Å². The van der Waals surface area contributed by atoms with E-state index in [1.807, 2.05) is 56.3 Å². The van der Waals surface area contributed by atoms with Gasteiger partial charge in [-0.05, 0) is 37.1 Å². The van der Waals surface area contributed by atoms with Crippen LogP contribution in [-0.2, 0) is 4.79 Å². The molecule has 0 fully saturated rings. The number of fused-ring (bicyclic) bond motifs is 1. The smallest absolute Gasteiger partial charge is 0.252 e. The van der Waals surface area contributed by atoms with Gasteiger partial charge in [0, 0.05) is 5.56 Å². The average molecular weight is 296 g/mol. The summed E-state index contributed by atoms with van der Waals surface area (Å²) in [6.07, 6.45) is 2.28. The Morgan fingerprint density at radius 2 is 1.82 bits per heavy atom. The number of allylic oxidation sites excluding steroid dienone is 1. The van der Waals surface area contributed by atoms with Crippen LogP contribution < -0.4 is 11.1 Å². The van der Waals surface area contributed by atoms with E-state index in [0.29, 0.717) is 12.0 Å². The third-order valence-corrected chi connectivity index (χ3v) is 3.44. The molecule has 0 aliphatic rings. The van der Waals surface area contributed by atoms with Crippen LogP contribution in [0.15, 0.2) is 54.1 Å². The zero-order valence-corrected chi connectivity index (χ0v) is 12.8. The Morgan fingerprint density at radius 3 is 2.50 bits per heavy atom. The van der Waals surface area contributed by atoms with Crippen LogP contribution in [0.25, 0.3) is 10.8 Å². The molecule has 4 nitrogen and oxygen atoms in total. The molecule has 2 aromatic carbocycles. The van der Waals surface area contributed by atoms with Crippen LogP contribution in [0.4, 0.5) is 0 Å². The van der Waals surface area contributed by atoms with Crippen molar-refractivity contribution >= 4 is 22.6 Å². The van der Waals surface area contributed by atoms with Gasteiger partial charge in [0.15, 0.2) is 0 Å². The quantitative estimate of drug-likeness (QED) is 0.833. The van der Waals surface area contributed by atoms with Gasteiger partial charge in [-0.3, -0.25) is 9.59 Å². The number of carbonyl (C=O) groups is 2. The summed E-state index contributed by atoms with van der Waals surface area (Å²) in [4.78, 5) is 24.0. The zero-order valence-electron chi connectivity index (χ0n) is 12.8. The number of nitrogens with two attached hydrogens (primary N) is 1. The summed E-state index contributed by atoms with van der Waals surface area (Å²) in [6.45, 7) is 3.87. The number of benzene rings is 2. The second-order valence-electron chi connectivity index (χ2n) is 5.47. The van der Waals surface area contributed by atoms with Gasteiger partial charge in [0.2, 0.25) is 5.91 Å². The van der Waals surface area contributed by atoms with Crippen LogP contribution in [0.1, 0.15) is 30.6 Å². The van der Waals surface area contributed by atoms with Gasteiger partial charge in [0.1, 0.15) is 6.04 Å². The van der Waals surface area contributed by atoms with E-state index >= 15 is 0 Å². The summed E-state index contributed by atoms with van der Waals surface area (Å²) >= 11 is 0. The molecular formula is C18H20N2O2. The highest BCUT2D eigenvalue weighted by Gasteiger charge is 2.18. The Kier molecular flexibility index (Phi) is 4.94. The molecule has 0 bridgehead atoms. The number of hydrogen-bond acceptors (Lipinski definition) is 2. The van der Waals surface area contributed by atoms with Crippen LogP contribution in [0.2, 0.25) is 0 Å². The SMILES string of the molecule is CC(C)=CC[C@@H](NC(=O)c1cccc2ccccc12)C(N)=O. The van der Waals surface area contributed by atoms with Crippen molar-refractivity contribution in [3.63, 3.8) is 0 Å². The first kappa shape index (κ1) is 15.8. The predicted octanol–water partition coefficient (Wildman–Crippen LogP) is 2.78. The van der Waals surface area contributed by atoms with E-state index in [0.717, 1.165) is 16.3 Å². The topological polar surface area (TPSA) is 72.2 Å². The Balaban J connectivity index is 2.26. The first-order chi connectivity index (χ1) is 10.5. The van der Waals surface area contributed by atoms with E-state index in [-0.39, 0.29) is 5.91 Å². The summed E-state index contributed by atoms with van der Waals surface area (Å²) in [5, 5.41) is 4.56. The molecule has 4 heteroatoms. The summed E-state index contributed by atoms with van der Waals surface area (Å²) < 4.78 is 0. The maximum Gasteiger partial charge on any atom is 0.252 e. The molecule has 114 valence electrons. The van der Waals surface area contributed by atoms with E-state index < -0.39 is 11.9 Å². The number of primary amides is 1. The van der Waals surface area contributed by atoms with E-state index in [4.69, 9.17) is 5.73 Å². The van der Waals surface area contributed by atoms with Gasteiger partial charge in [-0.25, -0.2) is 0 Å². The molecule has 22 heavy (non-hydrogen) atoms. The van der Waals surface area contributed by atoms with Gasteiger partial charge < -0.3 is 11.1 Å². The molecule has 0 aromatic heterocycles. The molecule has 2 aromatic rings. The van der Waals surface area contributed by atoms with Gasteiger partial charge in [-0.1, -0.05) is 48.0 Å². The third kappa shape index (κ3) is 3.73. The average Bonchev–Trinajstić information content (AvgIpc) is 2.50. The number of rotatable bonds is 5. The van der Waals surface area contributed by atoms with Gasteiger partial charge >= 0.3 is 0 Å². The van der Waals surface area contributed by atoms with Gasteiger partial charge in [0.05, 0.1) is 0 Å². The van der Waals surface area contributed by atoms with E-state index in [9.17, 15) is 9.59 Å². The summed E-state index contributed by atoms with van der Waals surface area (Å²) in [5.41, 5.74) is 7.00. The lowest BCUT2D eigenvalue weighted by atomic mass is 10.0. The van der Waals surface area contributed by atoms with Crippen molar-refractivity contribution < 1.29 is 9.59 Å². The molecule has 0 heterocycles. The number of amides is 2. The van der Waals surface area contributed by atoms with Crippen molar-refractivity contribution in [2.24, 2.45) is 5.73 Å². The predicted molar refractivity (Wildman–Crippen MR) is 88.4 cm³/mol. The Bertz CT molecular complexity index is 725. The van der Waals surface area contributed by atoms with E-state index in [1.54, 1.807) is 6.07 Å². The molecule has 0 radical (unpaired) electrons. The fraction of sp³-hybridized carbons (Fsp3) is 0.222. The molecule has 3 N–H and O–H groups in total. The number of carbonyl (C=O) groups excluding carboxylic acids is 2. The third-order valence-electron chi connectivity index (χ3n) is 3.44. The summed E-state index contributed by atoms with van der Waals surface area (Å²) in [7, 11) is 0. The standard InChI is InChI=1S/C18H20N2O2/c1-12(2)10-11-16(17(19)21)20-18(22)15-9-5-7-13-6-3-4-8-14(13)15/h3-10,16H,11H2,1-2H3,(H2,19,21)(H,20,22)/t16-/m1/s1.